The summed E-state index contributed by atoms with van der Waals surface area (Å²) >= 11 is 0. The third-order valence-corrected chi connectivity index (χ3v) is 6.58. The van der Waals surface area contributed by atoms with Crippen LogP contribution in [-0.2, 0) is 11.8 Å². The Kier molecular flexibility index (Phi) is 6.12. The summed E-state index contributed by atoms with van der Waals surface area (Å²) in [6, 6.07) is 19.7. The normalized spacial score (nSPS) is 12.6. The van der Waals surface area contributed by atoms with E-state index in [1.165, 1.54) is 22.9 Å². The number of carbonyl (C=O) groups excluding carboxylic acids is 4. The fourth-order valence-corrected chi connectivity index (χ4v) is 4.42. The fourth-order valence-electron chi connectivity index (χ4n) is 4.42. The maximum atomic E-state index is 13.4. The van der Waals surface area contributed by atoms with Gasteiger partial charge in [-0.05, 0) is 44.2 Å². The zero-order valence-electron chi connectivity index (χ0n) is 20.9. The van der Waals surface area contributed by atoms with Crippen LogP contribution in [0, 0.1) is 13.8 Å². The Morgan fingerprint density at radius 3 is 2.11 bits per heavy atom. The molecule has 1 aromatic heterocycles. The van der Waals surface area contributed by atoms with E-state index >= 15 is 0 Å². The predicted octanol–water partition coefficient (Wildman–Crippen LogP) is 3.63. The predicted molar refractivity (Wildman–Crippen MR) is 139 cm³/mol. The van der Waals surface area contributed by atoms with E-state index in [4.69, 9.17) is 4.74 Å². The summed E-state index contributed by atoms with van der Waals surface area (Å²) in [6.45, 7) is 3.07. The molecule has 0 atom stereocenters. The van der Waals surface area contributed by atoms with Gasteiger partial charge in [0, 0.05) is 12.6 Å². The number of Topliss-reactive ketones (excluding diaryl/α,β-unsaturated/α-hetero) is 1. The SMILES string of the molecule is Cc1ccc(C(=O)COC(=O)c2ccc3c(c2)C(=O)N(c2c(C)n(C)n(-c4ccccc4)c2=O)C3=O)cc1. The minimum Gasteiger partial charge on any atom is -0.454 e. The van der Waals surface area contributed by atoms with Gasteiger partial charge in [-0.1, -0.05) is 48.0 Å². The lowest BCUT2D eigenvalue weighted by Gasteiger charge is -2.11. The summed E-state index contributed by atoms with van der Waals surface area (Å²) in [7, 11) is 1.66. The van der Waals surface area contributed by atoms with E-state index in [2.05, 4.69) is 0 Å². The third-order valence-electron chi connectivity index (χ3n) is 6.58. The zero-order chi connectivity index (χ0) is 27.1. The second kappa shape index (κ2) is 9.44. The van der Waals surface area contributed by atoms with Crippen LogP contribution in [0.15, 0.2) is 77.6 Å². The van der Waals surface area contributed by atoms with Crippen LogP contribution in [0.25, 0.3) is 5.69 Å². The van der Waals surface area contributed by atoms with Crippen molar-refractivity contribution in [2.24, 2.45) is 7.05 Å². The molecule has 0 bridgehead atoms. The number of para-hydroxylation sites is 1. The molecule has 190 valence electrons. The van der Waals surface area contributed by atoms with Crippen LogP contribution in [0.5, 0.6) is 0 Å². The van der Waals surface area contributed by atoms with Crippen molar-refractivity contribution in [1.82, 2.24) is 9.36 Å². The molecule has 0 radical (unpaired) electrons. The quantitative estimate of drug-likeness (QED) is 0.223. The molecule has 0 saturated carbocycles. The number of nitrogens with zero attached hydrogens (tertiary/aromatic N) is 3. The standard InChI is InChI=1S/C29H23N3O6/c1-17-9-11-19(12-10-17)24(33)16-38-29(37)20-13-14-22-23(15-20)27(35)31(26(22)34)25-18(2)30(3)32(28(25)36)21-7-5-4-6-8-21/h4-15H,16H2,1-3H3. The van der Waals surface area contributed by atoms with Gasteiger partial charge in [0.2, 0.25) is 0 Å². The van der Waals surface area contributed by atoms with E-state index < -0.39 is 29.9 Å². The smallest absolute Gasteiger partial charge is 0.338 e. The molecule has 3 aromatic carbocycles. The summed E-state index contributed by atoms with van der Waals surface area (Å²) in [6.07, 6.45) is 0. The topological polar surface area (TPSA) is 108 Å². The van der Waals surface area contributed by atoms with Crippen molar-refractivity contribution < 1.29 is 23.9 Å². The first-order chi connectivity index (χ1) is 18.2. The van der Waals surface area contributed by atoms with Gasteiger partial charge in [-0.2, -0.15) is 0 Å². The number of rotatable bonds is 6. The van der Waals surface area contributed by atoms with Crippen molar-refractivity contribution in [3.05, 3.63) is 117 Å². The van der Waals surface area contributed by atoms with E-state index in [0.717, 1.165) is 10.5 Å². The largest absolute Gasteiger partial charge is 0.454 e. The Bertz CT molecular complexity index is 1680. The minimum atomic E-state index is -0.811. The Labute approximate surface area is 217 Å². The molecule has 9 nitrogen and oxygen atoms in total. The molecule has 0 N–H and O–H groups in total. The molecule has 1 aliphatic heterocycles. The molecule has 0 aliphatic carbocycles. The van der Waals surface area contributed by atoms with E-state index in [1.54, 1.807) is 67.2 Å². The average Bonchev–Trinajstić information content (AvgIpc) is 3.29. The van der Waals surface area contributed by atoms with Crippen LogP contribution >= 0.6 is 0 Å². The average molecular weight is 510 g/mol. The van der Waals surface area contributed by atoms with Crippen LogP contribution in [0.2, 0.25) is 0 Å². The molecule has 0 saturated heterocycles. The van der Waals surface area contributed by atoms with Gasteiger partial charge in [-0.15, -0.1) is 0 Å². The third kappa shape index (κ3) is 4.03. The molecule has 4 aromatic rings. The number of imide groups is 1. The van der Waals surface area contributed by atoms with Gasteiger partial charge in [0.15, 0.2) is 12.4 Å². The zero-order valence-corrected chi connectivity index (χ0v) is 20.9. The summed E-state index contributed by atoms with van der Waals surface area (Å²) in [5.74, 6) is -2.56. The first kappa shape index (κ1) is 24.6. The van der Waals surface area contributed by atoms with Crippen LogP contribution in [-0.4, -0.2) is 39.5 Å². The molecule has 0 spiro atoms. The van der Waals surface area contributed by atoms with Crippen molar-refractivity contribution in [2.75, 3.05) is 11.5 Å². The number of carbonyl (C=O) groups is 4. The first-order valence-corrected chi connectivity index (χ1v) is 11.8. The molecule has 2 amide bonds. The number of benzene rings is 3. The first-order valence-electron chi connectivity index (χ1n) is 11.8. The fraction of sp³-hybridized carbons (Fsp3) is 0.138. The number of fused-ring (bicyclic) bond motifs is 1. The van der Waals surface area contributed by atoms with Crippen molar-refractivity contribution in [3.63, 3.8) is 0 Å². The lowest BCUT2D eigenvalue weighted by molar-refractivity contribution is 0.0474. The molecule has 38 heavy (non-hydrogen) atoms. The lowest BCUT2D eigenvalue weighted by atomic mass is 10.1. The highest BCUT2D eigenvalue weighted by Crippen LogP contribution is 2.30. The van der Waals surface area contributed by atoms with Gasteiger partial charge in [-0.25, -0.2) is 14.4 Å². The second-order valence-electron chi connectivity index (χ2n) is 8.98. The monoisotopic (exact) mass is 509 g/mol. The Hall–Kier alpha value is -5.05. The van der Waals surface area contributed by atoms with Crippen molar-refractivity contribution >= 4 is 29.3 Å². The van der Waals surface area contributed by atoms with E-state index in [9.17, 15) is 24.0 Å². The maximum Gasteiger partial charge on any atom is 0.338 e. The van der Waals surface area contributed by atoms with Crippen molar-refractivity contribution in [2.45, 2.75) is 13.8 Å². The molecule has 2 heterocycles. The van der Waals surface area contributed by atoms with Crippen LogP contribution < -0.4 is 10.5 Å². The summed E-state index contributed by atoms with van der Waals surface area (Å²) in [5.41, 5.74) is 1.87. The van der Waals surface area contributed by atoms with Crippen molar-refractivity contribution in [1.29, 1.82) is 0 Å². The van der Waals surface area contributed by atoms with Crippen LogP contribution in [0.1, 0.15) is 52.7 Å². The van der Waals surface area contributed by atoms with Gasteiger partial charge in [0.1, 0.15) is 5.69 Å². The number of hydrogen-bond donors (Lipinski definition) is 0. The number of hydrogen-bond acceptors (Lipinski definition) is 6. The molecule has 0 fully saturated rings. The summed E-state index contributed by atoms with van der Waals surface area (Å²) < 4.78 is 8.11. The number of ketones is 1. The van der Waals surface area contributed by atoms with Gasteiger partial charge < -0.3 is 4.74 Å². The van der Waals surface area contributed by atoms with Crippen molar-refractivity contribution in [3.8, 4) is 5.69 Å². The highest BCUT2D eigenvalue weighted by molar-refractivity contribution is 6.34. The maximum absolute atomic E-state index is 13.4. The van der Waals surface area contributed by atoms with E-state index in [0.29, 0.717) is 16.9 Å². The number of aryl methyl sites for hydroxylation is 1. The molecular formula is C29H23N3O6. The second-order valence-corrected chi connectivity index (χ2v) is 8.98. The molecule has 0 unspecified atom stereocenters. The number of amides is 2. The molecule has 5 rings (SSSR count). The number of aromatic nitrogens is 2. The Morgan fingerprint density at radius 2 is 1.42 bits per heavy atom. The molecular weight excluding hydrogens is 486 g/mol. The van der Waals surface area contributed by atoms with Crippen LogP contribution in [0.3, 0.4) is 0 Å². The number of anilines is 1. The Morgan fingerprint density at radius 1 is 0.789 bits per heavy atom. The summed E-state index contributed by atoms with van der Waals surface area (Å²) in [4.78, 5) is 65.8. The lowest BCUT2D eigenvalue weighted by Crippen LogP contribution is -2.34. The van der Waals surface area contributed by atoms with Crippen LogP contribution in [0.4, 0.5) is 5.69 Å². The number of esters is 1. The summed E-state index contributed by atoms with van der Waals surface area (Å²) in [5, 5.41) is 0. The van der Waals surface area contributed by atoms with Gasteiger partial charge in [-0.3, -0.25) is 23.9 Å². The van der Waals surface area contributed by atoms with E-state index in [-0.39, 0.29) is 28.2 Å². The van der Waals surface area contributed by atoms with Gasteiger partial charge in [0.25, 0.3) is 17.4 Å². The Balaban J connectivity index is 1.41. The molecule has 9 heteroatoms. The number of ether oxygens (including phenoxy) is 1. The minimum absolute atomic E-state index is 0.00920. The van der Waals surface area contributed by atoms with Gasteiger partial charge >= 0.3 is 5.97 Å². The highest BCUT2D eigenvalue weighted by Gasteiger charge is 2.41. The highest BCUT2D eigenvalue weighted by atomic mass is 16.5. The molecule has 1 aliphatic rings. The van der Waals surface area contributed by atoms with Gasteiger partial charge in [0.05, 0.1) is 28.1 Å². The van der Waals surface area contributed by atoms with E-state index in [1.807, 2.05) is 13.0 Å².